The number of aromatic nitrogens is 3. The van der Waals surface area contributed by atoms with E-state index in [9.17, 15) is 14.0 Å². The average molecular weight is 446 g/mol. The van der Waals surface area contributed by atoms with E-state index in [-0.39, 0.29) is 29.7 Å². The molecule has 6 rings (SSSR count). The highest BCUT2D eigenvalue weighted by molar-refractivity contribution is 5.99. The number of hydrogen-bond donors (Lipinski definition) is 1. The maximum absolute atomic E-state index is 14.3. The second kappa shape index (κ2) is 7.25. The van der Waals surface area contributed by atoms with Gasteiger partial charge in [-0.2, -0.15) is 0 Å². The van der Waals surface area contributed by atoms with Gasteiger partial charge in [-0.1, -0.05) is 6.07 Å². The van der Waals surface area contributed by atoms with Gasteiger partial charge in [-0.25, -0.2) is 9.37 Å². The predicted molar refractivity (Wildman–Crippen MR) is 121 cm³/mol. The van der Waals surface area contributed by atoms with Gasteiger partial charge in [-0.3, -0.25) is 14.0 Å². The average Bonchev–Trinajstić information content (AvgIpc) is 3.55. The molecule has 2 aliphatic heterocycles. The summed E-state index contributed by atoms with van der Waals surface area (Å²) in [5.74, 6) is 0.468. The number of halogens is 1. The molecular weight excluding hydrogens is 423 g/mol. The number of nitrogens with one attached hydrogen (secondary N) is 1. The van der Waals surface area contributed by atoms with Crippen molar-refractivity contribution in [1.29, 1.82) is 0 Å². The quantitative estimate of drug-likeness (QED) is 0.510. The Balaban J connectivity index is 1.45. The van der Waals surface area contributed by atoms with Gasteiger partial charge in [0.15, 0.2) is 0 Å². The number of nitrogens with zero attached hydrogens (tertiary/aromatic N) is 3. The van der Waals surface area contributed by atoms with Crippen molar-refractivity contribution in [2.24, 2.45) is 0 Å². The SMILES string of the molecule is Cc1cc2c(cc1C(=O)N1Cc3c(C)ccc(F)c3C1)[nH]c(=O)c1cnc(C3CCOC3)n12. The molecule has 1 fully saturated rings. The first-order valence-corrected chi connectivity index (χ1v) is 11.1. The number of fused-ring (bicyclic) bond motifs is 4. The second-order valence-electron chi connectivity index (χ2n) is 9.02. The van der Waals surface area contributed by atoms with Crippen molar-refractivity contribution >= 4 is 22.5 Å². The Morgan fingerprint density at radius 1 is 1.15 bits per heavy atom. The summed E-state index contributed by atoms with van der Waals surface area (Å²) in [6.07, 6.45) is 2.45. The first-order chi connectivity index (χ1) is 15.9. The zero-order valence-electron chi connectivity index (χ0n) is 18.4. The standard InChI is InChI=1S/C25H23FN4O3/c1-13-3-4-19(26)18-11-29(10-17(13)18)25(32)16-8-20-21(7-14(16)2)30-22(24(31)28-20)9-27-23(30)15-5-6-33-12-15/h3-4,7-9,15H,5-6,10-12H2,1-2H3,(H,28,31). The van der Waals surface area contributed by atoms with E-state index in [1.165, 1.54) is 6.07 Å². The van der Waals surface area contributed by atoms with Crippen LogP contribution in [0, 0.1) is 19.7 Å². The number of rotatable bonds is 2. The number of benzene rings is 2. The van der Waals surface area contributed by atoms with Gasteiger partial charge < -0.3 is 14.6 Å². The van der Waals surface area contributed by atoms with Crippen molar-refractivity contribution in [2.75, 3.05) is 13.2 Å². The Morgan fingerprint density at radius 2 is 1.97 bits per heavy atom. The second-order valence-corrected chi connectivity index (χ2v) is 9.02. The van der Waals surface area contributed by atoms with Crippen molar-refractivity contribution in [3.63, 3.8) is 0 Å². The zero-order valence-corrected chi connectivity index (χ0v) is 18.4. The smallest absolute Gasteiger partial charge is 0.274 e. The van der Waals surface area contributed by atoms with Crippen LogP contribution in [-0.4, -0.2) is 38.4 Å². The van der Waals surface area contributed by atoms with Gasteiger partial charge in [-0.15, -0.1) is 0 Å². The largest absolute Gasteiger partial charge is 0.381 e. The number of aryl methyl sites for hydroxylation is 2. The summed E-state index contributed by atoms with van der Waals surface area (Å²) in [6, 6.07) is 6.85. The summed E-state index contributed by atoms with van der Waals surface area (Å²) >= 11 is 0. The minimum absolute atomic E-state index is 0.125. The fourth-order valence-corrected chi connectivity index (χ4v) is 5.12. The molecule has 1 unspecified atom stereocenters. The molecular formula is C25H23FN4O3. The number of carbonyl (C=O) groups is 1. The minimum atomic E-state index is -0.281. The Labute approximate surface area is 188 Å². The van der Waals surface area contributed by atoms with Gasteiger partial charge in [0.1, 0.15) is 17.2 Å². The molecule has 1 saturated heterocycles. The van der Waals surface area contributed by atoms with E-state index >= 15 is 0 Å². The Bertz CT molecular complexity index is 1480. The number of carbonyl (C=O) groups excluding carboxylic acids is 1. The lowest BCUT2D eigenvalue weighted by Gasteiger charge is -2.18. The lowest BCUT2D eigenvalue weighted by Crippen LogP contribution is -2.26. The monoisotopic (exact) mass is 446 g/mol. The van der Waals surface area contributed by atoms with Crippen molar-refractivity contribution in [3.8, 4) is 0 Å². The lowest BCUT2D eigenvalue weighted by molar-refractivity contribution is 0.0750. The van der Waals surface area contributed by atoms with Crippen LogP contribution in [0.2, 0.25) is 0 Å². The van der Waals surface area contributed by atoms with Crippen molar-refractivity contribution in [2.45, 2.75) is 39.3 Å². The molecule has 4 aromatic rings. The summed E-state index contributed by atoms with van der Waals surface area (Å²) in [4.78, 5) is 35.3. The van der Waals surface area contributed by atoms with E-state index in [1.807, 2.05) is 24.3 Å². The lowest BCUT2D eigenvalue weighted by atomic mass is 10.0. The maximum Gasteiger partial charge on any atom is 0.274 e. The Hall–Kier alpha value is -3.52. The first-order valence-electron chi connectivity index (χ1n) is 11.1. The molecule has 0 saturated carbocycles. The fourth-order valence-electron chi connectivity index (χ4n) is 5.12. The molecule has 7 nitrogen and oxygen atoms in total. The summed E-state index contributed by atoms with van der Waals surface area (Å²) in [5, 5.41) is 0. The van der Waals surface area contributed by atoms with Gasteiger partial charge in [0.25, 0.3) is 11.5 Å². The van der Waals surface area contributed by atoms with Crippen LogP contribution in [0.3, 0.4) is 0 Å². The molecule has 0 bridgehead atoms. The van der Waals surface area contributed by atoms with Crippen LogP contribution in [0.15, 0.2) is 35.3 Å². The number of imidazole rings is 1. The summed E-state index contributed by atoms with van der Waals surface area (Å²) in [7, 11) is 0. The molecule has 33 heavy (non-hydrogen) atoms. The zero-order chi connectivity index (χ0) is 22.9. The minimum Gasteiger partial charge on any atom is -0.381 e. The van der Waals surface area contributed by atoms with E-state index < -0.39 is 0 Å². The van der Waals surface area contributed by atoms with E-state index in [1.54, 1.807) is 23.2 Å². The van der Waals surface area contributed by atoms with Crippen LogP contribution in [-0.2, 0) is 17.8 Å². The number of amides is 1. The molecule has 1 amide bonds. The Morgan fingerprint density at radius 3 is 2.73 bits per heavy atom. The van der Waals surface area contributed by atoms with Crippen LogP contribution in [0.4, 0.5) is 4.39 Å². The first kappa shape index (κ1) is 20.1. The molecule has 2 aromatic carbocycles. The van der Waals surface area contributed by atoms with Crippen molar-refractivity contribution in [1.82, 2.24) is 19.3 Å². The van der Waals surface area contributed by atoms with Gasteiger partial charge in [0, 0.05) is 36.7 Å². The molecule has 4 heterocycles. The summed E-state index contributed by atoms with van der Waals surface area (Å²) in [6.45, 7) is 5.68. The number of ether oxygens (including phenoxy) is 1. The molecule has 0 spiro atoms. The molecule has 0 radical (unpaired) electrons. The van der Waals surface area contributed by atoms with Crippen LogP contribution in [0.1, 0.15) is 50.8 Å². The summed E-state index contributed by atoms with van der Waals surface area (Å²) < 4.78 is 21.7. The third-order valence-corrected chi connectivity index (χ3v) is 6.97. The molecule has 2 aliphatic rings. The van der Waals surface area contributed by atoms with Crippen LogP contribution < -0.4 is 5.56 Å². The highest BCUT2D eigenvalue weighted by atomic mass is 19.1. The molecule has 1 atom stereocenters. The molecule has 1 N–H and O–H groups in total. The molecule has 168 valence electrons. The van der Waals surface area contributed by atoms with Gasteiger partial charge in [-0.05, 0) is 55.2 Å². The number of hydrogen-bond acceptors (Lipinski definition) is 4. The number of aromatic amines is 1. The molecule has 8 heteroatoms. The fraction of sp³-hybridized carbons (Fsp3) is 0.320. The van der Waals surface area contributed by atoms with Crippen LogP contribution in [0.25, 0.3) is 16.6 Å². The van der Waals surface area contributed by atoms with Gasteiger partial charge >= 0.3 is 0 Å². The van der Waals surface area contributed by atoms with E-state index in [0.29, 0.717) is 41.9 Å². The van der Waals surface area contributed by atoms with Crippen LogP contribution >= 0.6 is 0 Å². The Kier molecular flexibility index (Phi) is 4.42. The van der Waals surface area contributed by atoms with E-state index in [2.05, 4.69) is 9.97 Å². The van der Waals surface area contributed by atoms with Crippen molar-refractivity contribution < 1.29 is 13.9 Å². The third-order valence-electron chi connectivity index (χ3n) is 6.97. The van der Waals surface area contributed by atoms with Crippen molar-refractivity contribution in [3.05, 3.63) is 80.3 Å². The van der Waals surface area contributed by atoms with Gasteiger partial charge in [0.05, 0.1) is 23.8 Å². The number of H-pyrrole nitrogens is 1. The third kappa shape index (κ3) is 3.01. The summed E-state index contributed by atoms with van der Waals surface area (Å²) in [5.41, 5.74) is 5.30. The normalized spacial score (nSPS) is 17.9. The highest BCUT2D eigenvalue weighted by Gasteiger charge is 2.29. The van der Waals surface area contributed by atoms with E-state index in [4.69, 9.17) is 4.74 Å². The predicted octanol–water partition coefficient (Wildman–Crippen LogP) is 3.59. The highest BCUT2D eigenvalue weighted by Crippen LogP contribution is 2.31. The van der Waals surface area contributed by atoms with Gasteiger partial charge in [0.2, 0.25) is 0 Å². The maximum atomic E-state index is 14.3. The van der Waals surface area contributed by atoms with Crippen LogP contribution in [0.5, 0.6) is 0 Å². The molecule has 2 aromatic heterocycles. The topological polar surface area (TPSA) is 79.7 Å². The molecule has 0 aliphatic carbocycles. The van der Waals surface area contributed by atoms with E-state index in [0.717, 1.165) is 34.5 Å².